The third kappa shape index (κ3) is 5.81. The van der Waals surface area contributed by atoms with Crippen molar-refractivity contribution in [1.29, 1.82) is 0 Å². The van der Waals surface area contributed by atoms with E-state index < -0.39 is 0 Å². The molecule has 0 saturated carbocycles. The average molecular weight is 381 g/mol. The van der Waals surface area contributed by atoms with Crippen LogP contribution in [0.5, 0.6) is 11.5 Å². The van der Waals surface area contributed by atoms with Gasteiger partial charge in [-0.1, -0.05) is 17.8 Å². The number of nitrogen functional groups attached to an aromatic ring is 1. The molecule has 0 bridgehead atoms. The monoisotopic (exact) mass is 381 g/mol. The number of benzene rings is 1. The van der Waals surface area contributed by atoms with Crippen LogP contribution in [-0.4, -0.2) is 53.4 Å². The van der Waals surface area contributed by atoms with Gasteiger partial charge in [0.05, 0.1) is 19.5 Å². The van der Waals surface area contributed by atoms with Crippen LogP contribution in [0.2, 0.25) is 0 Å². The van der Waals surface area contributed by atoms with Gasteiger partial charge in [0.2, 0.25) is 11.1 Å². The highest BCUT2D eigenvalue weighted by molar-refractivity contribution is 7.99. The van der Waals surface area contributed by atoms with E-state index in [0.717, 1.165) is 0 Å². The Morgan fingerprint density at radius 3 is 2.85 bits per heavy atom. The summed E-state index contributed by atoms with van der Waals surface area (Å²) in [5, 5.41) is 11.2. The minimum Gasteiger partial charge on any atom is -0.497 e. The first kappa shape index (κ1) is 19.9. The van der Waals surface area contributed by atoms with Crippen LogP contribution in [-0.2, 0) is 16.1 Å². The number of carbonyl (C=O) groups is 1. The molecular weight excluding hydrogens is 358 g/mol. The van der Waals surface area contributed by atoms with E-state index in [1.54, 1.807) is 26.4 Å². The minimum absolute atomic E-state index is 0.0596. The summed E-state index contributed by atoms with van der Waals surface area (Å²) in [6.07, 6.45) is 0. The summed E-state index contributed by atoms with van der Waals surface area (Å²) in [6, 6.07) is 7.16. The van der Waals surface area contributed by atoms with Gasteiger partial charge in [0, 0.05) is 19.2 Å². The van der Waals surface area contributed by atoms with E-state index in [-0.39, 0.29) is 24.3 Å². The van der Waals surface area contributed by atoms with E-state index in [0.29, 0.717) is 29.1 Å². The largest absolute Gasteiger partial charge is 0.497 e. The molecular formula is C16H23N5O4S. The van der Waals surface area contributed by atoms with Crippen LogP contribution in [0.3, 0.4) is 0 Å². The van der Waals surface area contributed by atoms with Crippen LogP contribution in [0.1, 0.15) is 12.7 Å². The lowest BCUT2D eigenvalue weighted by molar-refractivity contribution is -0.119. The Hall–Kier alpha value is -2.46. The molecule has 26 heavy (non-hydrogen) atoms. The highest BCUT2D eigenvalue weighted by atomic mass is 32.2. The molecule has 2 aromatic rings. The number of ether oxygens (including phenoxy) is 3. The van der Waals surface area contributed by atoms with Gasteiger partial charge in [0.15, 0.2) is 5.82 Å². The molecule has 3 N–H and O–H groups in total. The molecule has 0 aliphatic rings. The fraction of sp³-hybridized carbons (Fsp3) is 0.438. The van der Waals surface area contributed by atoms with Crippen molar-refractivity contribution < 1.29 is 19.0 Å². The Kier molecular flexibility index (Phi) is 7.54. The number of carbonyl (C=O) groups excluding carboxylic acids is 1. The second kappa shape index (κ2) is 9.88. The molecule has 0 aliphatic heterocycles. The predicted octanol–water partition coefficient (Wildman–Crippen LogP) is 0.823. The Morgan fingerprint density at radius 1 is 1.35 bits per heavy atom. The van der Waals surface area contributed by atoms with Crippen molar-refractivity contribution in [2.24, 2.45) is 0 Å². The van der Waals surface area contributed by atoms with Gasteiger partial charge in [-0.25, -0.2) is 4.68 Å². The van der Waals surface area contributed by atoms with Crippen LogP contribution in [0.15, 0.2) is 29.4 Å². The summed E-state index contributed by atoms with van der Waals surface area (Å²) in [4.78, 5) is 11.9. The lowest BCUT2D eigenvalue weighted by Gasteiger charge is -2.12. The Labute approximate surface area is 156 Å². The van der Waals surface area contributed by atoms with Crippen molar-refractivity contribution in [3.8, 4) is 11.5 Å². The molecule has 10 heteroatoms. The molecule has 142 valence electrons. The summed E-state index contributed by atoms with van der Waals surface area (Å²) >= 11 is 1.20. The first-order valence-electron chi connectivity index (χ1n) is 7.90. The van der Waals surface area contributed by atoms with Crippen LogP contribution < -0.4 is 20.6 Å². The number of hydrogen-bond donors (Lipinski definition) is 2. The minimum atomic E-state index is -0.128. The number of nitrogens with zero attached hydrogens (tertiary/aromatic N) is 3. The topological polar surface area (TPSA) is 114 Å². The number of nitrogens with two attached hydrogens (primary N) is 1. The molecule has 0 spiro atoms. The maximum absolute atomic E-state index is 11.9. The van der Waals surface area contributed by atoms with Crippen molar-refractivity contribution in [2.75, 3.05) is 32.4 Å². The summed E-state index contributed by atoms with van der Waals surface area (Å²) in [5.74, 6) is 7.80. The molecule has 2 rings (SSSR count). The molecule has 0 fully saturated rings. The van der Waals surface area contributed by atoms with Gasteiger partial charge >= 0.3 is 0 Å². The summed E-state index contributed by atoms with van der Waals surface area (Å²) in [5.41, 5.74) is 0. The zero-order valence-electron chi connectivity index (χ0n) is 15.0. The zero-order chi connectivity index (χ0) is 18.9. The Morgan fingerprint density at radius 2 is 2.12 bits per heavy atom. The Bertz CT molecular complexity index is 724. The number of methoxy groups -OCH3 is 2. The summed E-state index contributed by atoms with van der Waals surface area (Å²) < 4.78 is 17.1. The predicted molar refractivity (Wildman–Crippen MR) is 97.7 cm³/mol. The van der Waals surface area contributed by atoms with Gasteiger partial charge in [0.25, 0.3) is 0 Å². The molecule has 1 aromatic carbocycles. The molecule has 1 heterocycles. The lowest BCUT2D eigenvalue weighted by Crippen LogP contribution is -2.36. The van der Waals surface area contributed by atoms with Crippen LogP contribution in [0.4, 0.5) is 0 Å². The molecule has 1 atom stereocenters. The van der Waals surface area contributed by atoms with E-state index in [9.17, 15) is 4.79 Å². The number of hydrogen-bond acceptors (Lipinski definition) is 8. The first-order valence-corrected chi connectivity index (χ1v) is 8.89. The fourth-order valence-electron chi connectivity index (χ4n) is 2.08. The fourth-order valence-corrected chi connectivity index (χ4v) is 2.77. The van der Waals surface area contributed by atoms with Gasteiger partial charge in [-0.3, -0.25) is 4.79 Å². The van der Waals surface area contributed by atoms with Crippen molar-refractivity contribution in [3.05, 3.63) is 30.1 Å². The molecule has 0 radical (unpaired) electrons. The lowest BCUT2D eigenvalue weighted by atomic mass is 10.3. The van der Waals surface area contributed by atoms with Crippen molar-refractivity contribution in [1.82, 2.24) is 20.2 Å². The maximum atomic E-state index is 11.9. The van der Waals surface area contributed by atoms with Gasteiger partial charge in [-0.05, 0) is 19.1 Å². The van der Waals surface area contributed by atoms with Gasteiger partial charge in [0.1, 0.15) is 18.1 Å². The van der Waals surface area contributed by atoms with E-state index in [1.807, 2.05) is 19.1 Å². The molecule has 1 aromatic heterocycles. The summed E-state index contributed by atoms with van der Waals surface area (Å²) in [6.45, 7) is 2.47. The quantitative estimate of drug-likeness (QED) is 0.459. The Balaban J connectivity index is 1.86. The maximum Gasteiger partial charge on any atom is 0.230 e. The average Bonchev–Trinajstić information content (AvgIpc) is 2.98. The number of rotatable bonds is 10. The SMILES string of the molecule is COCC(C)NC(=O)CSc1nnc(COc2cccc(OC)c2)n1N. The summed E-state index contributed by atoms with van der Waals surface area (Å²) in [7, 11) is 3.18. The highest BCUT2D eigenvalue weighted by Crippen LogP contribution is 2.20. The second-order valence-corrected chi connectivity index (χ2v) is 6.39. The third-order valence-electron chi connectivity index (χ3n) is 3.30. The molecule has 1 unspecified atom stereocenters. The highest BCUT2D eigenvalue weighted by Gasteiger charge is 2.14. The standard InChI is InChI=1S/C16H23N5O4S/c1-11(8-23-2)18-15(22)10-26-16-20-19-14(21(16)17)9-25-13-6-4-5-12(7-13)24-3/h4-7,11H,8-10,17H2,1-3H3,(H,18,22). The third-order valence-corrected chi connectivity index (χ3v) is 4.24. The van der Waals surface area contributed by atoms with Gasteiger partial charge in [-0.15, -0.1) is 10.2 Å². The molecule has 0 saturated heterocycles. The van der Waals surface area contributed by atoms with E-state index in [4.69, 9.17) is 20.1 Å². The van der Waals surface area contributed by atoms with Gasteiger partial charge < -0.3 is 25.4 Å². The zero-order valence-corrected chi connectivity index (χ0v) is 15.8. The first-order chi connectivity index (χ1) is 12.5. The van der Waals surface area contributed by atoms with Crippen LogP contribution in [0, 0.1) is 0 Å². The van der Waals surface area contributed by atoms with Gasteiger partial charge in [-0.2, -0.15) is 0 Å². The normalized spacial score (nSPS) is 11.8. The van der Waals surface area contributed by atoms with Crippen molar-refractivity contribution in [3.63, 3.8) is 0 Å². The molecule has 0 aliphatic carbocycles. The second-order valence-electron chi connectivity index (χ2n) is 5.45. The number of thioether (sulfide) groups is 1. The van der Waals surface area contributed by atoms with Crippen LogP contribution >= 0.6 is 11.8 Å². The molecule has 9 nitrogen and oxygen atoms in total. The van der Waals surface area contributed by atoms with E-state index >= 15 is 0 Å². The van der Waals surface area contributed by atoms with Crippen LogP contribution in [0.25, 0.3) is 0 Å². The molecule has 1 amide bonds. The number of amides is 1. The van der Waals surface area contributed by atoms with Crippen molar-refractivity contribution >= 4 is 17.7 Å². The number of nitrogens with one attached hydrogen (secondary N) is 1. The van der Waals surface area contributed by atoms with E-state index in [2.05, 4.69) is 15.5 Å². The van der Waals surface area contributed by atoms with E-state index in [1.165, 1.54) is 16.4 Å². The van der Waals surface area contributed by atoms with Crippen molar-refractivity contribution in [2.45, 2.75) is 24.7 Å². The smallest absolute Gasteiger partial charge is 0.230 e. The number of aromatic nitrogens is 3.